The molecule has 1 amide bonds. The minimum atomic E-state index is -0.320. The molecule has 0 spiro atoms. The van der Waals surface area contributed by atoms with Gasteiger partial charge in [0, 0.05) is 13.1 Å². The molecule has 0 heterocycles. The largest absolute Gasteiger partial charge is 0.341 e. The first kappa shape index (κ1) is 15.5. The average molecular weight is 254 g/mol. The monoisotopic (exact) mass is 254 g/mol. The standard InChI is InChI=1S/C15H30N2O/c1-5-12-6-8-13(9-7-12)17(4)15(18)14(16)10-11(2)3/h11-14H,5-10,16H2,1-4H3/t12?,13?,14-/m1/s1. The van der Waals surface area contributed by atoms with Crippen molar-refractivity contribution in [2.75, 3.05) is 7.05 Å². The van der Waals surface area contributed by atoms with Crippen LogP contribution in [0.1, 0.15) is 59.3 Å². The number of nitrogens with zero attached hydrogens (tertiary/aromatic N) is 1. The fourth-order valence-electron chi connectivity index (χ4n) is 2.99. The minimum absolute atomic E-state index is 0.128. The highest BCUT2D eigenvalue weighted by atomic mass is 16.2. The van der Waals surface area contributed by atoms with Crippen LogP contribution in [0.25, 0.3) is 0 Å². The van der Waals surface area contributed by atoms with Crippen LogP contribution >= 0.6 is 0 Å². The van der Waals surface area contributed by atoms with Crippen molar-refractivity contribution < 1.29 is 4.79 Å². The first-order valence-corrected chi connectivity index (χ1v) is 7.47. The lowest BCUT2D eigenvalue weighted by atomic mass is 9.84. The normalized spacial score (nSPS) is 26.1. The van der Waals surface area contributed by atoms with Crippen LogP contribution < -0.4 is 5.73 Å². The van der Waals surface area contributed by atoms with Gasteiger partial charge in [-0.05, 0) is 43.9 Å². The predicted octanol–water partition coefficient (Wildman–Crippen LogP) is 2.79. The van der Waals surface area contributed by atoms with Crippen LogP contribution in [0.4, 0.5) is 0 Å². The molecular formula is C15H30N2O. The van der Waals surface area contributed by atoms with Crippen LogP contribution in [0.2, 0.25) is 0 Å². The SMILES string of the molecule is CCC1CCC(N(C)C(=O)[C@H](N)CC(C)C)CC1. The molecule has 0 aromatic rings. The molecule has 0 aromatic heterocycles. The van der Waals surface area contributed by atoms with E-state index in [0.717, 1.165) is 25.2 Å². The number of hydrogen-bond donors (Lipinski definition) is 1. The molecule has 3 nitrogen and oxygen atoms in total. The Kier molecular flexibility index (Phi) is 6.13. The quantitative estimate of drug-likeness (QED) is 0.820. The summed E-state index contributed by atoms with van der Waals surface area (Å²) in [6, 6.07) is 0.0948. The number of nitrogens with two attached hydrogens (primary N) is 1. The van der Waals surface area contributed by atoms with Gasteiger partial charge in [0.05, 0.1) is 6.04 Å². The Bertz CT molecular complexity index is 257. The van der Waals surface area contributed by atoms with Crippen LogP contribution in [0.3, 0.4) is 0 Å². The molecule has 1 saturated carbocycles. The molecule has 0 unspecified atom stereocenters. The summed E-state index contributed by atoms with van der Waals surface area (Å²) in [5.74, 6) is 1.48. The topological polar surface area (TPSA) is 46.3 Å². The molecule has 0 aromatic carbocycles. The lowest BCUT2D eigenvalue weighted by Gasteiger charge is -2.35. The molecule has 106 valence electrons. The van der Waals surface area contributed by atoms with E-state index in [1.54, 1.807) is 0 Å². The van der Waals surface area contributed by atoms with E-state index >= 15 is 0 Å². The summed E-state index contributed by atoms with van der Waals surface area (Å²) in [5.41, 5.74) is 5.99. The third kappa shape index (κ3) is 4.27. The molecule has 3 heteroatoms. The maximum atomic E-state index is 12.2. The maximum absolute atomic E-state index is 12.2. The van der Waals surface area contributed by atoms with Gasteiger partial charge in [-0.15, -0.1) is 0 Å². The Morgan fingerprint density at radius 1 is 1.28 bits per heavy atom. The first-order valence-electron chi connectivity index (χ1n) is 7.47. The molecule has 1 aliphatic rings. The number of likely N-dealkylation sites (N-methyl/N-ethyl adjacent to an activating group) is 1. The van der Waals surface area contributed by atoms with E-state index in [1.807, 2.05) is 11.9 Å². The molecule has 0 aliphatic heterocycles. The summed E-state index contributed by atoms with van der Waals surface area (Å²) in [6.45, 7) is 6.48. The molecule has 18 heavy (non-hydrogen) atoms. The molecule has 1 rings (SSSR count). The zero-order valence-corrected chi connectivity index (χ0v) is 12.5. The van der Waals surface area contributed by atoms with Crippen molar-refractivity contribution in [2.24, 2.45) is 17.6 Å². The Hall–Kier alpha value is -0.570. The summed E-state index contributed by atoms with van der Waals surface area (Å²) < 4.78 is 0. The number of rotatable bonds is 5. The first-order chi connectivity index (χ1) is 8.45. The van der Waals surface area contributed by atoms with Gasteiger partial charge in [0.25, 0.3) is 0 Å². The van der Waals surface area contributed by atoms with Crippen molar-refractivity contribution in [2.45, 2.75) is 71.4 Å². The average Bonchev–Trinajstić information content (AvgIpc) is 2.36. The molecule has 1 aliphatic carbocycles. The molecule has 0 bridgehead atoms. The van der Waals surface area contributed by atoms with Crippen molar-refractivity contribution in [3.05, 3.63) is 0 Å². The highest BCUT2D eigenvalue weighted by Gasteiger charge is 2.28. The van der Waals surface area contributed by atoms with Gasteiger partial charge < -0.3 is 10.6 Å². The van der Waals surface area contributed by atoms with Gasteiger partial charge >= 0.3 is 0 Å². The molecular weight excluding hydrogens is 224 g/mol. The predicted molar refractivity (Wildman–Crippen MR) is 76.2 cm³/mol. The van der Waals surface area contributed by atoms with Gasteiger partial charge in [-0.1, -0.05) is 27.2 Å². The summed E-state index contributed by atoms with van der Waals surface area (Å²) in [5, 5.41) is 0. The van der Waals surface area contributed by atoms with Crippen molar-refractivity contribution in [1.29, 1.82) is 0 Å². The fourth-order valence-corrected chi connectivity index (χ4v) is 2.99. The highest BCUT2D eigenvalue weighted by molar-refractivity contribution is 5.81. The van der Waals surface area contributed by atoms with E-state index in [9.17, 15) is 4.79 Å². The summed E-state index contributed by atoms with van der Waals surface area (Å²) >= 11 is 0. The second-order valence-corrected chi connectivity index (χ2v) is 6.27. The highest BCUT2D eigenvalue weighted by Crippen LogP contribution is 2.29. The lowest BCUT2D eigenvalue weighted by Crippen LogP contribution is -2.48. The summed E-state index contributed by atoms with van der Waals surface area (Å²) in [6.07, 6.45) is 6.88. The van der Waals surface area contributed by atoms with Crippen molar-refractivity contribution >= 4 is 5.91 Å². The van der Waals surface area contributed by atoms with E-state index < -0.39 is 0 Å². The van der Waals surface area contributed by atoms with E-state index in [0.29, 0.717) is 12.0 Å². The summed E-state index contributed by atoms with van der Waals surface area (Å²) in [7, 11) is 1.93. The minimum Gasteiger partial charge on any atom is -0.341 e. The zero-order chi connectivity index (χ0) is 13.7. The maximum Gasteiger partial charge on any atom is 0.239 e. The third-order valence-electron chi connectivity index (χ3n) is 4.33. The Morgan fingerprint density at radius 3 is 2.28 bits per heavy atom. The molecule has 2 N–H and O–H groups in total. The summed E-state index contributed by atoms with van der Waals surface area (Å²) in [4.78, 5) is 14.1. The molecule has 0 radical (unpaired) electrons. The van der Waals surface area contributed by atoms with E-state index in [4.69, 9.17) is 5.73 Å². The van der Waals surface area contributed by atoms with Crippen molar-refractivity contribution in [3.63, 3.8) is 0 Å². The van der Waals surface area contributed by atoms with Crippen LogP contribution in [0, 0.1) is 11.8 Å². The fraction of sp³-hybridized carbons (Fsp3) is 0.933. The number of carbonyl (C=O) groups is 1. The van der Waals surface area contributed by atoms with Crippen LogP contribution in [0.15, 0.2) is 0 Å². The van der Waals surface area contributed by atoms with Gasteiger partial charge in [-0.3, -0.25) is 4.79 Å². The Labute approximate surface area is 112 Å². The zero-order valence-electron chi connectivity index (χ0n) is 12.5. The second kappa shape index (κ2) is 7.13. The number of hydrogen-bond acceptors (Lipinski definition) is 2. The van der Waals surface area contributed by atoms with E-state index in [-0.39, 0.29) is 11.9 Å². The van der Waals surface area contributed by atoms with E-state index in [1.165, 1.54) is 19.3 Å². The van der Waals surface area contributed by atoms with Gasteiger partial charge in [-0.2, -0.15) is 0 Å². The van der Waals surface area contributed by atoms with Crippen LogP contribution in [-0.4, -0.2) is 29.9 Å². The van der Waals surface area contributed by atoms with Crippen molar-refractivity contribution in [3.8, 4) is 0 Å². The second-order valence-electron chi connectivity index (χ2n) is 6.27. The lowest BCUT2D eigenvalue weighted by molar-refractivity contribution is -0.134. The van der Waals surface area contributed by atoms with Crippen LogP contribution in [0.5, 0.6) is 0 Å². The molecule has 1 fully saturated rings. The van der Waals surface area contributed by atoms with Crippen molar-refractivity contribution in [1.82, 2.24) is 4.90 Å². The van der Waals surface area contributed by atoms with Gasteiger partial charge in [-0.25, -0.2) is 0 Å². The number of carbonyl (C=O) groups excluding carboxylic acids is 1. The van der Waals surface area contributed by atoms with Gasteiger partial charge in [0.15, 0.2) is 0 Å². The third-order valence-corrected chi connectivity index (χ3v) is 4.33. The Balaban J connectivity index is 2.44. The van der Waals surface area contributed by atoms with E-state index in [2.05, 4.69) is 20.8 Å². The smallest absolute Gasteiger partial charge is 0.239 e. The molecule has 0 saturated heterocycles. The molecule has 1 atom stereocenters. The number of amides is 1. The van der Waals surface area contributed by atoms with Gasteiger partial charge in [0.2, 0.25) is 5.91 Å². The van der Waals surface area contributed by atoms with Crippen LogP contribution in [-0.2, 0) is 4.79 Å². The Morgan fingerprint density at radius 2 is 1.83 bits per heavy atom. The van der Waals surface area contributed by atoms with Gasteiger partial charge in [0.1, 0.15) is 0 Å².